The van der Waals surface area contributed by atoms with E-state index in [1.165, 1.54) is 17.8 Å². The molecule has 1 heterocycles. The van der Waals surface area contributed by atoms with Gasteiger partial charge in [-0.25, -0.2) is 9.18 Å². The SMILES string of the molecule is O=C(N/C=C/c1ccccc1F)N1CCN(Cc2ccccc2)CC1. The molecule has 2 aromatic carbocycles. The van der Waals surface area contributed by atoms with Gasteiger partial charge in [0.2, 0.25) is 0 Å². The summed E-state index contributed by atoms with van der Waals surface area (Å²) in [7, 11) is 0. The maximum Gasteiger partial charge on any atom is 0.321 e. The number of nitrogens with zero attached hydrogens (tertiary/aromatic N) is 2. The van der Waals surface area contributed by atoms with Gasteiger partial charge in [-0.15, -0.1) is 0 Å². The van der Waals surface area contributed by atoms with Crippen molar-refractivity contribution in [3.63, 3.8) is 0 Å². The number of amides is 2. The van der Waals surface area contributed by atoms with E-state index in [-0.39, 0.29) is 11.8 Å². The zero-order chi connectivity index (χ0) is 17.5. The van der Waals surface area contributed by atoms with Crippen LogP contribution in [0.3, 0.4) is 0 Å². The number of benzene rings is 2. The van der Waals surface area contributed by atoms with Crippen LogP contribution >= 0.6 is 0 Å². The van der Waals surface area contributed by atoms with Crippen molar-refractivity contribution in [1.82, 2.24) is 15.1 Å². The first-order valence-electron chi connectivity index (χ1n) is 8.45. The van der Waals surface area contributed by atoms with E-state index in [9.17, 15) is 9.18 Å². The summed E-state index contributed by atoms with van der Waals surface area (Å²) in [5.41, 5.74) is 1.74. The number of halogens is 1. The average molecular weight is 339 g/mol. The fourth-order valence-corrected chi connectivity index (χ4v) is 2.85. The molecule has 1 aliphatic rings. The third kappa shape index (κ3) is 4.90. The van der Waals surface area contributed by atoms with Crippen molar-refractivity contribution in [2.24, 2.45) is 0 Å². The molecule has 0 aliphatic carbocycles. The molecule has 5 heteroatoms. The molecular weight excluding hydrogens is 317 g/mol. The van der Waals surface area contributed by atoms with E-state index in [1.807, 2.05) is 18.2 Å². The first-order chi connectivity index (χ1) is 12.2. The number of carbonyl (C=O) groups is 1. The molecule has 0 radical (unpaired) electrons. The number of rotatable bonds is 4. The van der Waals surface area contributed by atoms with Crippen molar-refractivity contribution in [2.45, 2.75) is 6.54 Å². The van der Waals surface area contributed by atoms with Crippen LogP contribution in [0, 0.1) is 5.82 Å². The fraction of sp³-hybridized carbons (Fsp3) is 0.250. The van der Waals surface area contributed by atoms with Crippen LogP contribution in [0.25, 0.3) is 6.08 Å². The second-order valence-corrected chi connectivity index (χ2v) is 6.05. The van der Waals surface area contributed by atoms with Gasteiger partial charge < -0.3 is 10.2 Å². The predicted octanol–water partition coefficient (Wildman–Crippen LogP) is 3.32. The summed E-state index contributed by atoms with van der Waals surface area (Å²) in [5, 5.41) is 2.71. The molecule has 25 heavy (non-hydrogen) atoms. The van der Waals surface area contributed by atoms with E-state index in [0.717, 1.165) is 19.6 Å². The van der Waals surface area contributed by atoms with Crippen molar-refractivity contribution in [1.29, 1.82) is 0 Å². The Kier molecular flexibility index (Phi) is 5.80. The Bertz CT molecular complexity index is 725. The first kappa shape index (κ1) is 17.2. The Morgan fingerprint density at radius 3 is 2.40 bits per heavy atom. The van der Waals surface area contributed by atoms with Crippen LogP contribution in [0.15, 0.2) is 60.8 Å². The zero-order valence-electron chi connectivity index (χ0n) is 14.1. The van der Waals surface area contributed by atoms with Gasteiger partial charge in [0.15, 0.2) is 0 Å². The normalized spacial score (nSPS) is 15.5. The highest BCUT2D eigenvalue weighted by molar-refractivity contribution is 5.76. The van der Waals surface area contributed by atoms with Gasteiger partial charge in [-0.2, -0.15) is 0 Å². The van der Waals surface area contributed by atoms with Gasteiger partial charge in [0.05, 0.1) is 0 Å². The topological polar surface area (TPSA) is 35.6 Å². The predicted molar refractivity (Wildman–Crippen MR) is 97.3 cm³/mol. The van der Waals surface area contributed by atoms with Crippen LogP contribution < -0.4 is 5.32 Å². The van der Waals surface area contributed by atoms with Crippen LogP contribution in [0.1, 0.15) is 11.1 Å². The molecule has 0 spiro atoms. The molecule has 2 amide bonds. The van der Waals surface area contributed by atoms with Crippen molar-refractivity contribution in [3.8, 4) is 0 Å². The molecule has 1 N–H and O–H groups in total. The van der Waals surface area contributed by atoms with E-state index in [4.69, 9.17) is 0 Å². The number of carbonyl (C=O) groups excluding carboxylic acids is 1. The zero-order valence-corrected chi connectivity index (χ0v) is 14.1. The highest BCUT2D eigenvalue weighted by atomic mass is 19.1. The Morgan fingerprint density at radius 1 is 1.00 bits per heavy atom. The monoisotopic (exact) mass is 339 g/mol. The second-order valence-electron chi connectivity index (χ2n) is 6.05. The number of urea groups is 1. The summed E-state index contributed by atoms with van der Waals surface area (Å²) >= 11 is 0. The lowest BCUT2D eigenvalue weighted by atomic mass is 10.2. The van der Waals surface area contributed by atoms with Gasteiger partial charge in [0.25, 0.3) is 0 Å². The van der Waals surface area contributed by atoms with Gasteiger partial charge in [-0.05, 0) is 17.7 Å². The van der Waals surface area contributed by atoms with Crippen LogP contribution in [0.5, 0.6) is 0 Å². The Balaban J connectivity index is 1.44. The summed E-state index contributed by atoms with van der Waals surface area (Å²) in [4.78, 5) is 16.3. The third-order valence-electron chi connectivity index (χ3n) is 4.28. The van der Waals surface area contributed by atoms with E-state index in [2.05, 4.69) is 22.3 Å². The largest absolute Gasteiger partial charge is 0.322 e. The molecule has 0 bridgehead atoms. The minimum atomic E-state index is -0.303. The lowest BCUT2D eigenvalue weighted by Crippen LogP contribution is -2.50. The van der Waals surface area contributed by atoms with Gasteiger partial charge >= 0.3 is 6.03 Å². The maximum atomic E-state index is 13.5. The molecule has 0 unspecified atom stereocenters. The Hall–Kier alpha value is -2.66. The standard InChI is InChI=1S/C20H22FN3O/c21-19-9-5-4-8-18(19)10-11-22-20(25)24-14-12-23(13-15-24)16-17-6-2-1-3-7-17/h1-11H,12-16H2,(H,22,25)/b11-10+. The first-order valence-corrected chi connectivity index (χ1v) is 8.45. The van der Waals surface area contributed by atoms with E-state index < -0.39 is 0 Å². The van der Waals surface area contributed by atoms with Crippen LogP contribution in [0.4, 0.5) is 9.18 Å². The van der Waals surface area contributed by atoms with Gasteiger partial charge in [-0.1, -0.05) is 48.5 Å². The number of nitrogens with one attached hydrogen (secondary N) is 1. The van der Waals surface area contributed by atoms with E-state index >= 15 is 0 Å². The summed E-state index contributed by atoms with van der Waals surface area (Å²) in [6.45, 7) is 3.97. The smallest absolute Gasteiger partial charge is 0.321 e. The summed E-state index contributed by atoms with van der Waals surface area (Å²) < 4.78 is 13.5. The fourth-order valence-electron chi connectivity index (χ4n) is 2.85. The molecule has 0 atom stereocenters. The van der Waals surface area contributed by atoms with Crippen molar-refractivity contribution in [3.05, 3.63) is 77.7 Å². The minimum Gasteiger partial charge on any atom is -0.322 e. The highest BCUT2D eigenvalue weighted by Gasteiger charge is 2.20. The molecule has 2 aromatic rings. The molecule has 1 saturated heterocycles. The number of hydrogen-bond donors (Lipinski definition) is 1. The lowest BCUT2D eigenvalue weighted by Gasteiger charge is -2.34. The average Bonchev–Trinajstić information content (AvgIpc) is 2.65. The second kappa shape index (κ2) is 8.44. The molecular formula is C20H22FN3O. The molecule has 0 saturated carbocycles. The summed E-state index contributed by atoms with van der Waals surface area (Å²) in [6, 6.07) is 16.7. The van der Waals surface area contributed by atoms with Crippen molar-refractivity contribution < 1.29 is 9.18 Å². The van der Waals surface area contributed by atoms with Gasteiger partial charge in [-0.3, -0.25) is 4.90 Å². The number of piperazine rings is 1. The van der Waals surface area contributed by atoms with E-state index in [0.29, 0.717) is 18.7 Å². The maximum absolute atomic E-state index is 13.5. The Labute approximate surface area is 147 Å². The molecule has 130 valence electrons. The molecule has 1 aliphatic heterocycles. The Morgan fingerprint density at radius 2 is 1.68 bits per heavy atom. The van der Waals surface area contributed by atoms with Crippen LogP contribution in [0.2, 0.25) is 0 Å². The van der Waals surface area contributed by atoms with Crippen molar-refractivity contribution >= 4 is 12.1 Å². The summed E-state index contributed by atoms with van der Waals surface area (Å²) in [6.07, 6.45) is 3.07. The molecule has 0 aromatic heterocycles. The van der Waals surface area contributed by atoms with Crippen LogP contribution in [-0.2, 0) is 6.54 Å². The number of hydrogen-bond acceptors (Lipinski definition) is 2. The quantitative estimate of drug-likeness (QED) is 0.927. The van der Waals surface area contributed by atoms with Crippen LogP contribution in [-0.4, -0.2) is 42.0 Å². The molecule has 4 nitrogen and oxygen atoms in total. The van der Waals surface area contributed by atoms with E-state index in [1.54, 1.807) is 29.2 Å². The van der Waals surface area contributed by atoms with Crippen molar-refractivity contribution in [2.75, 3.05) is 26.2 Å². The third-order valence-corrected chi connectivity index (χ3v) is 4.28. The summed E-state index contributed by atoms with van der Waals surface area (Å²) in [5.74, 6) is -0.303. The minimum absolute atomic E-state index is 0.146. The van der Waals surface area contributed by atoms with Gasteiger partial charge in [0.1, 0.15) is 5.82 Å². The highest BCUT2D eigenvalue weighted by Crippen LogP contribution is 2.09. The lowest BCUT2D eigenvalue weighted by molar-refractivity contribution is 0.137. The van der Waals surface area contributed by atoms with Gasteiger partial charge in [0, 0.05) is 44.5 Å². The molecule has 1 fully saturated rings. The molecule has 3 rings (SSSR count).